The van der Waals surface area contributed by atoms with Crippen LogP contribution in [-0.2, 0) is 11.2 Å². The van der Waals surface area contributed by atoms with E-state index in [1.54, 1.807) is 13.3 Å². The minimum Gasteiger partial charge on any atom is -0.393 e. The molecule has 0 bridgehead atoms. The molecule has 0 amide bonds. The highest BCUT2D eigenvalue weighted by atomic mass is 16.5. The maximum absolute atomic E-state index is 9.59. The lowest BCUT2D eigenvalue weighted by atomic mass is 10.1. The van der Waals surface area contributed by atoms with E-state index in [9.17, 15) is 5.11 Å². The molecule has 0 aliphatic rings. The van der Waals surface area contributed by atoms with Gasteiger partial charge in [-0.25, -0.2) is 4.98 Å². The number of ether oxygens (including phenoxy) is 1. The predicted octanol–water partition coefficient (Wildman–Crippen LogP) is 0.604. The summed E-state index contributed by atoms with van der Waals surface area (Å²) in [6, 6.07) is 3.69. The maximum Gasteiger partial charge on any atom is 0.126 e. The second-order valence-electron chi connectivity index (χ2n) is 3.19. The molecule has 0 fully saturated rings. The van der Waals surface area contributed by atoms with Crippen LogP contribution in [-0.4, -0.2) is 29.9 Å². The number of anilines is 1. The number of nitrogens with two attached hydrogens (primary N) is 1. The predicted molar refractivity (Wildman–Crippen MR) is 54.9 cm³/mol. The van der Waals surface area contributed by atoms with E-state index >= 15 is 0 Å². The molecule has 1 unspecified atom stereocenters. The summed E-state index contributed by atoms with van der Waals surface area (Å²) < 4.78 is 4.87. The summed E-state index contributed by atoms with van der Waals surface area (Å²) in [5, 5.41) is 9.59. The van der Waals surface area contributed by atoms with Crippen LogP contribution in [0.5, 0.6) is 0 Å². The van der Waals surface area contributed by atoms with Gasteiger partial charge in [-0.05, 0) is 18.1 Å². The van der Waals surface area contributed by atoms with Crippen LogP contribution in [0.1, 0.15) is 12.0 Å². The second kappa shape index (κ2) is 5.57. The molecule has 1 aromatic rings. The van der Waals surface area contributed by atoms with Crippen molar-refractivity contribution in [3.05, 3.63) is 23.9 Å². The maximum atomic E-state index is 9.59. The van der Waals surface area contributed by atoms with Crippen LogP contribution in [0.15, 0.2) is 18.3 Å². The van der Waals surface area contributed by atoms with Crippen LogP contribution >= 0.6 is 0 Å². The first-order valence-electron chi connectivity index (χ1n) is 4.60. The fraction of sp³-hybridized carbons (Fsp3) is 0.500. The van der Waals surface area contributed by atoms with Gasteiger partial charge in [0, 0.05) is 26.3 Å². The van der Waals surface area contributed by atoms with Crippen molar-refractivity contribution in [1.29, 1.82) is 0 Å². The first-order chi connectivity index (χ1) is 6.74. The van der Waals surface area contributed by atoms with Crippen molar-refractivity contribution in [2.24, 2.45) is 0 Å². The fourth-order valence-corrected chi connectivity index (χ4v) is 1.23. The number of nitrogens with zero attached hydrogens (tertiary/aromatic N) is 1. The van der Waals surface area contributed by atoms with Crippen LogP contribution in [0, 0.1) is 0 Å². The number of aliphatic hydroxyl groups excluding tert-OH is 1. The van der Waals surface area contributed by atoms with Gasteiger partial charge in [0.25, 0.3) is 0 Å². The van der Waals surface area contributed by atoms with E-state index in [0.29, 0.717) is 25.3 Å². The normalized spacial score (nSPS) is 12.7. The summed E-state index contributed by atoms with van der Waals surface area (Å²) in [5.41, 5.74) is 6.53. The highest BCUT2D eigenvalue weighted by molar-refractivity contribution is 5.38. The Morgan fingerprint density at radius 2 is 2.43 bits per heavy atom. The van der Waals surface area contributed by atoms with E-state index in [4.69, 9.17) is 10.5 Å². The number of methoxy groups -OCH3 is 1. The number of nitrogen functional groups attached to an aromatic ring is 1. The molecule has 0 saturated heterocycles. The van der Waals surface area contributed by atoms with Gasteiger partial charge in [0.2, 0.25) is 0 Å². The quantitative estimate of drug-likeness (QED) is 0.723. The number of hydrogen-bond acceptors (Lipinski definition) is 4. The lowest BCUT2D eigenvalue weighted by Crippen LogP contribution is -2.14. The Kier molecular flexibility index (Phi) is 4.35. The Morgan fingerprint density at radius 3 is 3.07 bits per heavy atom. The summed E-state index contributed by atoms with van der Waals surface area (Å²) in [4.78, 5) is 3.95. The van der Waals surface area contributed by atoms with Gasteiger partial charge in [-0.15, -0.1) is 0 Å². The van der Waals surface area contributed by atoms with Gasteiger partial charge in [0.15, 0.2) is 0 Å². The van der Waals surface area contributed by atoms with Crippen LogP contribution in [0.25, 0.3) is 0 Å². The summed E-state index contributed by atoms with van der Waals surface area (Å²) in [6.45, 7) is 0.557. The zero-order valence-electron chi connectivity index (χ0n) is 8.31. The van der Waals surface area contributed by atoms with Gasteiger partial charge >= 0.3 is 0 Å². The van der Waals surface area contributed by atoms with Crippen molar-refractivity contribution < 1.29 is 9.84 Å². The van der Waals surface area contributed by atoms with Crippen molar-refractivity contribution in [2.45, 2.75) is 18.9 Å². The molecule has 0 aromatic carbocycles. The third kappa shape index (κ3) is 3.32. The highest BCUT2D eigenvalue weighted by Crippen LogP contribution is 2.11. The molecule has 4 nitrogen and oxygen atoms in total. The Hall–Kier alpha value is -1.13. The topological polar surface area (TPSA) is 68.4 Å². The first kappa shape index (κ1) is 10.9. The molecule has 1 rings (SSSR count). The molecular weight excluding hydrogens is 180 g/mol. The highest BCUT2D eigenvalue weighted by Gasteiger charge is 2.07. The van der Waals surface area contributed by atoms with E-state index in [2.05, 4.69) is 4.98 Å². The summed E-state index contributed by atoms with van der Waals surface area (Å²) in [5.74, 6) is 0.490. The lowest BCUT2D eigenvalue weighted by Gasteiger charge is -2.10. The van der Waals surface area contributed by atoms with Crippen LogP contribution in [0.2, 0.25) is 0 Å². The summed E-state index contributed by atoms with van der Waals surface area (Å²) >= 11 is 0. The van der Waals surface area contributed by atoms with Crippen LogP contribution in [0.3, 0.4) is 0 Å². The van der Waals surface area contributed by atoms with Crippen molar-refractivity contribution in [3.63, 3.8) is 0 Å². The largest absolute Gasteiger partial charge is 0.393 e. The van der Waals surface area contributed by atoms with Gasteiger partial charge in [-0.3, -0.25) is 0 Å². The number of aromatic nitrogens is 1. The minimum atomic E-state index is -0.415. The number of pyridine rings is 1. The molecule has 78 valence electrons. The molecule has 0 saturated carbocycles. The summed E-state index contributed by atoms with van der Waals surface area (Å²) in [7, 11) is 1.62. The Morgan fingerprint density at radius 1 is 1.64 bits per heavy atom. The van der Waals surface area contributed by atoms with Gasteiger partial charge in [0.05, 0.1) is 6.10 Å². The Bertz CT molecular complexity index is 279. The molecule has 1 heterocycles. The Labute approximate surface area is 83.7 Å². The van der Waals surface area contributed by atoms with E-state index in [1.807, 2.05) is 12.1 Å². The molecular formula is C10H16N2O2. The van der Waals surface area contributed by atoms with Crippen molar-refractivity contribution in [3.8, 4) is 0 Å². The third-order valence-corrected chi connectivity index (χ3v) is 2.04. The molecule has 1 aromatic heterocycles. The first-order valence-corrected chi connectivity index (χ1v) is 4.60. The molecule has 4 heteroatoms. The molecule has 0 radical (unpaired) electrons. The van der Waals surface area contributed by atoms with Crippen LogP contribution in [0.4, 0.5) is 5.82 Å². The zero-order chi connectivity index (χ0) is 10.4. The number of hydrogen-bond donors (Lipinski definition) is 2. The zero-order valence-corrected chi connectivity index (χ0v) is 8.31. The van der Waals surface area contributed by atoms with E-state index in [-0.39, 0.29) is 0 Å². The minimum absolute atomic E-state index is 0.415. The fourth-order valence-electron chi connectivity index (χ4n) is 1.23. The van der Waals surface area contributed by atoms with Gasteiger partial charge in [0.1, 0.15) is 5.82 Å². The van der Waals surface area contributed by atoms with Gasteiger partial charge in [-0.1, -0.05) is 6.07 Å². The van der Waals surface area contributed by atoms with E-state index in [1.165, 1.54) is 0 Å². The van der Waals surface area contributed by atoms with Crippen molar-refractivity contribution in [2.75, 3.05) is 19.5 Å². The smallest absolute Gasteiger partial charge is 0.126 e. The molecule has 1 atom stereocenters. The van der Waals surface area contributed by atoms with E-state index in [0.717, 1.165) is 5.56 Å². The SMILES string of the molecule is COCCC(O)Cc1cccnc1N. The Balaban J connectivity index is 2.47. The summed E-state index contributed by atoms with van der Waals surface area (Å²) in [6.07, 6.45) is 2.37. The molecule has 0 aliphatic carbocycles. The van der Waals surface area contributed by atoms with Crippen molar-refractivity contribution in [1.82, 2.24) is 4.98 Å². The van der Waals surface area contributed by atoms with Gasteiger partial charge in [-0.2, -0.15) is 0 Å². The second-order valence-corrected chi connectivity index (χ2v) is 3.19. The molecule has 0 spiro atoms. The molecule has 0 aliphatic heterocycles. The van der Waals surface area contributed by atoms with Gasteiger partial charge < -0.3 is 15.6 Å². The lowest BCUT2D eigenvalue weighted by molar-refractivity contribution is 0.110. The van der Waals surface area contributed by atoms with E-state index < -0.39 is 6.10 Å². The van der Waals surface area contributed by atoms with Crippen molar-refractivity contribution >= 4 is 5.82 Å². The standard InChI is InChI=1S/C10H16N2O2/c1-14-6-4-9(13)7-8-3-2-5-12-10(8)11/h2-3,5,9,13H,4,6-7H2,1H3,(H2,11,12). The molecule has 14 heavy (non-hydrogen) atoms. The number of aliphatic hydroxyl groups is 1. The average Bonchev–Trinajstić information content (AvgIpc) is 2.18. The average molecular weight is 196 g/mol. The third-order valence-electron chi connectivity index (χ3n) is 2.04. The number of rotatable bonds is 5. The monoisotopic (exact) mass is 196 g/mol. The molecule has 3 N–H and O–H groups in total. The van der Waals surface area contributed by atoms with Crippen LogP contribution < -0.4 is 5.73 Å².